The third kappa shape index (κ3) is 9.39. The molecule has 1 aliphatic rings. The van der Waals surface area contributed by atoms with E-state index in [0.717, 1.165) is 12.8 Å². The molecule has 0 saturated heterocycles. The molecule has 0 unspecified atom stereocenters. The van der Waals surface area contributed by atoms with Crippen molar-refractivity contribution in [1.29, 1.82) is 0 Å². The summed E-state index contributed by atoms with van der Waals surface area (Å²) in [6.45, 7) is 7.11. The molecule has 0 bridgehead atoms. The number of carbonyl (C=O) groups excluding carboxylic acids is 2. The van der Waals surface area contributed by atoms with E-state index in [-0.39, 0.29) is 12.1 Å². The predicted molar refractivity (Wildman–Crippen MR) is 89.8 cm³/mol. The SMILES string of the molecule is CC(C)OSC(=O)NNC(=O)NC(C)(C)N=NC1CCCCC1. The monoisotopic (exact) mass is 345 g/mol. The predicted octanol–water partition coefficient (Wildman–Crippen LogP) is 3.50. The third-order valence-corrected chi connectivity index (χ3v) is 3.79. The number of azo groups is 1. The fourth-order valence-electron chi connectivity index (χ4n) is 2.03. The Labute approximate surface area is 141 Å². The molecule has 3 N–H and O–H groups in total. The zero-order valence-corrected chi connectivity index (χ0v) is 15.0. The zero-order chi connectivity index (χ0) is 17.3. The van der Waals surface area contributed by atoms with Crippen LogP contribution in [0.5, 0.6) is 0 Å². The molecule has 0 aromatic heterocycles. The minimum absolute atomic E-state index is 0.0845. The molecule has 1 rings (SSSR count). The van der Waals surface area contributed by atoms with Crippen LogP contribution in [0.4, 0.5) is 9.59 Å². The molecule has 1 saturated carbocycles. The van der Waals surface area contributed by atoms with Gasteiger partial charge in [0, 0.05) is 0 Å². The number of hydrazine groups is 1. The van der Waals surface area contributed by atoms with Crippen molar-refractivity contribution in [2.45, 2.75) is 77.6 Å². The second-order valence-electron chi connectivity index (χ2n) is 6.29. The fourth-order valence-corrected chi connectivity index (χ4v) is 2.40. The van der Waals surface area contributed by atoms with Gasteiger partial charge in [0.1, 0.15) is 5.66 Å². The van der Waals surface area contributed by atoms with Gasteiger partial charge in [-0.2, -0.15) is 10.2 Å². The average Bonchev–Trinajstić information content (AvgIpc) is 2.49. The highest BCUT2D eigenvalue weighted by Crippen LogP contribution is 2.21. The Morgan fingerprint density at radius 3 is 2.43 bits per heavy atom. The van der Waals surface area contributed by atoms with E-state index in [1.807, 2.05) is 0 Å². The summed E-state index contributed by atoms with van der Waals surface area (Å²) in [7, 11) is 0. The van der Waals surface area contributed by atoms with Gasteiger partial charge in [-0.25, -0.2) is 10.2 Å². The van der Waals surface area contributed by atoms with E-state index in [9.17, 15) is 9.59 Å². The van der Waals surface area contributed by atoms with Crippen molar-refractivity contribution < 1.29 is 13.8 Å². The number of urea groups is 1. The molecule has 0 radical (unpaired) electrons. The van der Waals surface area contributed by atoms with Crippen LogP contribution in [0.15, 0.2) is 10.2 Å². The number of rotatable bonds is 5. The number of hydrogen-bond donors (Lipinski definition) is 3. The van der Waals surface area contributed by atoms with Gasteiger partial charge >= 0.3 is 11.3 Å². The normalized spacial score (nSPS) is 16.6. The lowest BCUT2D eigenvalue weighted by molar-refractivity contribution is 0.221. The largest absolute Gasteiger partial charge is 0.335 e. The molecule has 8 nitrogen and oxygen atoms in total. The summed E-state index contributed by atoms with van der Waals surface area (Å²) in [5, 5.41) is 10.7. The van der Waals surface area contributed by atoms with Crippen molar-refractivity contribution in [3.63, 3.8) is 0 Å². The van der Waals surface area contributed by atoms with Crippen molar-refractivity contribution in [2.75, 3.05) is 0 Å². The van der Waals surface area contributed by atoms with Crippen LogP contribution < -0.4 is 16.2 Å². The molecule has 0 spiro atoms. The lowest BCUT2D eigenvalue weighted by Gasteiger charge is -2.23. The maximum Gasteiger partial charge on any atom is 0.335 e. The number of nitrogens with one attached hydrogen (secondary N) is 3. The van der Waals surface area contributed by atoms with Gasteiger partial charge < -0.3 is 9.50 Å². The molecule has 23 heavy (non-hydrogen) atoms. The highest BCUT2D eigenvalue weighted by atomic mass is 32.2. The Hall–Kier alpha value is -1.35. The maximum atomic E-state index is 11.8. The topological polar surface area (TPSA) is 104 Å². The van der Waals surface area contributed by atoms with Gasteiger partial charge in [0.2, 0.25) is 0 Å². The number of nitrogens with zero attached hydrogens (tertiary/aromatic N) is 2. The van der Waals surface area contributed by atoms with E-state index in [0.29, 0.717) is 12.0 Å². The summed E-state index contributed by atoms with van der Waals surface area (Å²) in [5.74, 6) is 0. The summed E-state index contributed by atoms with van der Waals surface area (Å²) in [4.78, 5) is 23.2. The second kappa shape index (κ2) is 9.71. The fraction of sp³-hybridized carbons (Fsp3) is 0.857. The van der Waals surface area contributed by atoms with Crippen LogP contribution in [-0.2, 0) is 4.18 Å². The van der Waals surface area contributed by atoms with Crippen LogP contribution in [-0.4, -0.2) is 29.1 Å². The summed E-state index contributed by atoms with van der Waals surface area (Å²) >= 11 is 0.639. The van der Waals surface area contributed by atoms with E-state index < -0.39 is 16.9 Å². The van der Waals surface area contributed by atoms with Gasteiger partial charge in [0.15, 0.2) is 0 Å². The number of amides is 3. The van der Waals surface area contributed by atoms with Gasteiger partial charge in [-0.3, -0.25) is 10.2 Å². The first kappa shape index (κ1) is 19.7. The van der Waals surface area contributed by atoms with E-state index in [4.69, 9.17) is 4.18 Å². The molecule has 0 heterocycles. The second-order valence-corrected chi connectivity index (χ2v) is 7.02. The van der Waals surface area contributed by atoms with Crippen molar-refractivity contribution in [1.82, 2.24) is 16.2 Å². The molecule has 0 aromatic rings. The van der Waals surface area contributed by atoms with Gasteiger partial charge in [-0.15, -0.1) is 0 Å². The van der Waals surface area contributed by atoms with Crippen LogP contribution in [0.1, 0.15) is 59.8 Å². The van der Waals surface area contributed by atoms with Crippen LogP contribution in [0.25, 0.3) is 0 Å². The Bertz CT molecular complexity index is 423. The number of hydrogen-bond acceptors (Lipinski definition) is 6. The van der Waals surface area contributed by atoms with E-state index >= 15 is 0 Å². The molecule has 0 atom stereocenters. The summed E-state index contributed by atoms with van der Waals surface area (Å²) in [5.41, 5.74) is 3.64. The van der Waals surface area contributed by atoms with Crippen LogP contribution in [0, 0.1) is 0 Å². The molecule has 132 valence electrons. The summed E-state index contributed by atoms with van der Waals surface area (Å²) < 4.78 is 5.04. The van der Waals surface area contributed by atoms with Gasteiger partial charge in [0.05, 0.1) is 24.2 Å². The van der Waals surface area contributed by atoms with Crippen molar-refractivity contribution in [3.05, 3.63) is 0 Å². The Morgan fingerprint density at radius 2 is 1.83 bits per heavy atom. The van der Waals surface area contributed by atoms with E-state index in [2.05, 4.69) is 26.4 Å². The molecular formula is C14H27N5O3S. The van der Waals surface area contributed by atoms with Gasteiger partial charge in [0.25, 0.3) is 0 Å². The zero-order valence-electron chi connectivity index (χ0n) is 14.2. The minimum atomic E-state index is -0.839. The molecule has 0 aliphatic heterocycles. The lowest BCUT2D eigenvalue weighted by Crippen LogP contribution is -2.52. The van der Waals surface area contributed by atoms with Crippen LogP contribution in [0.3, 0.4) is 0 Å². The van der Waals surface area contributed by atoms with Crippen molar-refractivity contribution >= 4 is 23.3 Å². The first-order valence-corrected chi connectivity index (χ1v) is 8.66. The molecule has 9 heteroatoms. The first-order valence-electron chi connectivity index (χ1n) is 7.92. The van der Waals surface area contributed by atoms with Crippen LogP contribution in [0.2, 0.25) is 0 Å². The lowest BCUT2D eigenvalue weighted by atomic mass is 9.96. The van der Waals surface area contributed by atoms with E-state index in [1.165, 1.54) is 19.3 Å². The highest BCUT2D eigenvalue weighted by molar-refractivity contribution is 8.09. The molecule has 0 aromatic carbocycles. The van der Waals surface area contributed by atoms with Gasteiger partial charge in [-0.1, -0.05) is 19.3 Å². The third-order valence-electron chi connectivity index (χ3n) is 3.06. The first-order chi connectivity index (χ1) is 10.8. The van der Waals surface area contributed by atoms with Crippen molar-refractivity contribution in [2.24, 2.45) is 10.2 Å². The Kier molecular flexibility index (Phi) is 8.32. The highest BCUT2D eigenvalue weighted by Gasteiger charge is 2.21. The molecule has 3 amide bonds. The Balaban J connectivity index is 2.30. The quantitative estimate of drug-likeness (QED) is 0.403. The van der Waals surface area contributed by atoms with Gasteiger partial charge in [-0.05, 0) is 40.5 Å². The number of carbonyl (C=O) groups is 2. The molecule has 1 aliphatic carbocycles. The summed E-state index contributed by atoms with van der Waals surface area (Å²) in [6, 6.07) is -0.312. The maximum absolute atomic E-state index is 11.8. The molecule has 1 fully saturated rings. The standard InChI is InChI=1S/C14H27N5O3S/c1-10(2)22-23-13(21)18-17-12(20)15-14(3,4)19-16-11-8-6-5-7-9-11/h10-11H,5-9H2,1-4H3,(H,18,21)(H2,15,17,20). The van der Waals surface area contributed by atoms with Crippen LogP contribution >= 0.6 is 12.0 Å². The summed E-state index contributed by atoms with van der Waals surface area (Å²) in [6.07, 6.45) is 5.64. The Morgan fingerprint density at radius 1 is 1.17 bits per heavy atom. The van der Waals surface area contributed by atoms with E-state index in [1.54, 1.807) is 27.7 Å². The van der Waals surface area contributed by atoms with Crippen molar-refractivity contribution in [3.8, 4) is 0 Å². The average molecular weight is 345 g/mol. The minimum Gasteiger partial charge on any atom is -0.311 e. The molecular weight excluding hydrogens is 318 g/mol. The smallest absolute Gasteiger partial charge is 0.311 e.